The van der Waals surface area contributed by atoms with Crippen molar-refractivity contribution in [3.63, 3.8) is 0 Å². The highest BCUT2D eigenvalue weighted by atomic mass is 16.1. The number of aryl methyl sites for hydroxylation is 2. The Morgan fingerprint density at radius 2 is 1.88 bits per heavy atom. The van der Waals surface area contributed by atoms with Crippen LogP contribution in [0.1, 0.15) is 18.3 Å². The van der Waals surface area contributed by atoms with Crippen molar-refractivity contribution in [3.05, 3.63) is 89.2 Å². The third kappa shape index (κ3) is 2.76. The second-order valence-electron chi connectivity index (χ2n) is 5.80. The Bertz CT molecular complexity index is 1050. The standard InChI is InChI=1S/C21H21N3O/c1-5-7-11-17(6-2)24-21(25)20-16(4)23(15(3)19(20)14-22-24)18-12-9-8-10-13-18/h5-14H,1H2,2-4H3/b11-7-,17-6+. The van der Waals surface area contributed by atoms with Crippen molar-refractivity contribution >= 4 is 16.5 Å². The number of para-hydroxylation sites is 1. The number of benzene rings is 1. The lowest BCUT2D eigenvalue weighted by Crippen LogP contribution is -2.21. The molecule has 4 nitrogen and oxygen atoms in total. The van der Waals surface area contributed by atoms with Gasteiger partial charge in [0.1, 0.15) is 0 Å². The van der Waals surface area contributed by atoms with Gasteiger partial charge in [0.2, 0.25) is 0 Å². The lowest BCUT2D eigenvalue weighted by atomic mass is 10.2. The minimum absolute atomic E-state index is 0.116. The van der Waals surface area contributed by atoms with Gasteiger partial charge in [-0.3, -0.25) is 4.79 Å². The summed E-state index contributed by atoms with van der Waals surface area (Å²) in [5, 5.41) is 5.95. The maximum absolute atomic E-state index is 13.1. The molecule has 0 N–H and O–H groups in total. The molecule has 3 rings (SSSR count). The molecule has 0 aliphatic heterocycles. The van der Waals surface area contributed by atoms with Gasteiger partial charge in [-0.25, -0.2) is 0 Å². The third-order valence-corrected chi connectivity index (χ3v) is 4.36. The van der Waals surface area contributed by atoms with E-state index in [1.165, 1.54) is 4.68 Å². The Morgan fingerprint density at radius 1 is 1.16 bits per heavy atom. The van der Waals surface area contributed by atoms with Gasteiger partial charge >= 0.3 is 0 Å². The van der Waals surface area contributed by atoms with Crippen LogP contribution in [-0.2, 0) is 0 Å². The molecular formula is C21H21N3O. The van der Waals surface area contributed by atoms with Crippen LogP contribution < -0.4 is 5.56 Å². The van der Waals surface area contributed by atoms with Crippen LogP contribution in [0.2, 0.25) is 0 Å². The third-order valence-electron chi connectivity index (χ3n) is 4.36. The van der Waals surface area contributed by atoms with Gasteiger partial charge in [0.25, 0.3) is 5.56 Å². The summed E-state index contributed by atoms with van der Waals surface area (Å²) < 4.78 is 3.54. The molecule has 0 saturated carbocycles. The number of allylic oxidation sites excluding steroid dienone is 5. The molecule has 25 heavy (non-hydrogen) atoms. The summed E-state index contributed by atoms with van der Waals surface area (Å²) in [6.45, 7) is 9.54. The fourth-order valence-electron chi connectivity index (χ4n) is 3.17. The molecular weight excluding hydrogens is 310 g/mol. The largest absolute Gasteiger partial charge is 0.317 e. The summed E-state index contributed by atoms with van der Waals surface area (Å²) in [6.07, 6.45) is 8.92. The lowest BCUT2D eigenvalue weighted by Gasteiger charge is -2.08. The molecule has 0 bridgehead atoms. The Labute approximate surface area is 147 Å². The lowest BCUT2D eigenvalue weighted by molar-refractivity contribution is 0.845. The molecule has 0 unspecified atom stereocenters. The number of fused-ring (bicyclic) bond motifs is 1. The van der Waals surface area contributed by atoms with E-state index in [9.17, 15) is 4.79 Å². The highest BCUT2D eigenvalue weighted by Gasteiger charge is 2.17. The molecule has 0 fully saturated rings. The van der Waals surface area contributed by atoms with Crippen LogP contribution in [-0.4, -0.2) is 14.3 Å². The number of nitrogens with zero attached hydrogens (tertiary/aromatic N) is 3. The number of aromatic nitrogens is 3. The normalized spacial score (nSPS) is 12.2. The zero-order chi connectivity index (χ0) is 18.0. The molecule has 2 aromatic heterocycles. The topological polar surface area (TPSA) is 39.8 Å². The van der Waals surface area contributed by atoms with Gasteiger partial charge in [-0.05, 0) is 39.0 Å². The van der Waals surface area contributed by atoms with Gasteiger partial charge in [-0.15, -0.1) is 0 Å². The first-order valence-electron chi connectivity index (χ1n) is 8.21. The minimum Gasteiger partial charge on any atom is -0.317 e. The van der Waals surface area contributed by atoms with Crippen LogP contribution in [0.4, 0.5) is 0 Å². The second-order valence-corrected chi connectivity index (χ2v) is 5.80. The highest BCUT2D eigenvalue weighted by molar-refractivity contribution is 5.88. The minimum atomic E-state index is -0.116. The quantitative estimate of drug-likeness (QED) is 0.665. The molecule has 0 saturated heterocycles. The molecule has 1 aromatic carbocycles. The van der Waals surface area contributed by atoms with Crippen molar-refractivity contribution in [1.82, 2.24) is 14.3 Å². The van der Waals surface area contributed by atoms with Crippen molar-refractivity contribution in [1.29, 1.82) is 0 Å². The van der Waals surface area contributed by atoms with Crippen molar-refractivity contribution in [2.45, 2.75) is 20.8 Å². The van der Waals surface area contributed by atoms with E-state index >= 15 is 0 Å². The molecule has 4 heteroatoms. The maximum atomic E-state index is 13.1. The summed E-state index contributed by atoms with van der Waals surface area (Å²) in [5.41, 5.74) is 3.57. The Kier molecular flexibility index (Phi) is 4.52. The van der Waals surface area contributed by atoms with Gasteiger partial charge < -0.3 is 4.57 Å². The van der Waals surface area contributed by atoms with Gasteiger partial charge in [-0.2, -0.15) is 9.78 Å². The molecule has 0 aliphatic rings. The molecule has 3 aromatic rings. The van der Waals surface area contributed by atoms with E-state index in [-0.39, 0.29) is 5.56 Å². The number of hydrogen-bond acceptors (Lipinski definition) is 2. The molecule has 0 atom stereocenters. The van der Waals surface area contributed by atoms with Crippen LogP contribution in [0.5, 0.6) is 0 Å². The second kappa shape index (κ2) is 6.77. The van der Waals surface area contributed by atoms with Crippen LogP contribution in [0.25, 0.3) is 22.2 Å². The first-order chi connectivity index (χ1) is 12.1. The summed E-state index contributed by atoms with van der Waals surface area (Å²) in [6, 6.07) is 10.0. The van der Waals surface area contributed by atoms with Gasteiger partial charge in [0, 0.05) is 22.5 Å². The molecule has 2 heterocycles. The average Bonchev–Trinajstić information content (AvgIpc) is 2.89. The van der Waals surface area contributed by atoms with Crippen LogP contribution in [0.3, 0.4) is 0 Å². The predicted octanol–water partition coefficient (Wildman–Crippen LogP) is 4.41. The fourth-order valence-corrected chi connectivity index (χ4v) is 3.17. The average molecular weight is 331 g/mol. The highest BCUT2D eigenvalue weighted by Crippen LogP contribution is 2.26. The molecule has 0 radical (unpaired) electrons. The van der Waals surface area contributed by atoms with Crippen LogP contribution >= 0.6 is 0 Å². The van der Waals surface area contributed by atoms with Crippen molar-refractivity contribution in [2.24, 2.45) is 0 Å². The van der Waals surface area contributed by atoms with Gasteiger partial charge in [0.05, 0.1) is 17.3 Å². The zero-order valence-corrected chi connectivity index (χ0v) is 14.7. The summed E-state index contributed by atoms with van der Waals surface area (Å²) in [4.78, 5) is 13.1. The monoisotopic (exact) mass is 331 g/mol. The molecule has 0 spiro atoms. The summed E-state index contributed by atoms with van der Waals surface area (Å²) in [7, 11) is 0. The first kappa shape index (κ1) is 16.7. The van der Waals surface area contributed by atoms with Crippen molar-refractivity contribution in [3.8, 4) is 5.69 Å². The van der Waals surface area contributed by atoms with E-state index in [1.807, 2.05) is 63.3 Å². The van der Waals surface area contributed by atoms with Crippen LogP contribution in [0, 0.1) is 13.8 Å². The van der Waals surface area contributed by atoms with Gasteiger partial charge in [-0.1, -0.05) is 43.0 Å². The van der Waals surface area contributed by atoms with Crippen molar-refractivity contribution in [2.75, 3.05) is 0 Å². The van der Waals surface area contributed by atoms with Gasteiger partial charge in [0.15, 0.2) is 0 Å². The summed E-state index contributed by atoms with van der Waals surface area (Å²) in [5.74, 6) is 0. The van der Waals surface area contributed by atoms with E-state index in [0.29, 0.717) is 5.39 Å². The van der Waals surface area contributed by atoms with E-state index in [1.54, 1.807) is 18.3 Å². The Balaban J connectivity index is 2.31. The van der Waals surface area contributed by atoms with Crippen LogP contribution in [0.15, 0.2) is 72.2 Å². The van der Waals surface area contributed by atoms with E-state index in [4.69, 9.17) is 0 Å². The van der Waals surface area contributed by atoms with E-state index < -0.39 is 0 Å². The van der Waals surface area contributed by atoms with Crippen molar-refractivity contribution < 1.29 is 0 Å². The Morgan fingerprint density at radius 3 is 2.52 bits per heavy atom. The maximum Gasteiger partial charge on any atom is 0.281 e. The molecule has 0 aliphatic carbocycles. The van der Waals surface area contributed by atoms with E-state index in [2.05, 4.69) is 16.2 Å². The predicted molar refractivity (Wildman–Crippen MR) is 104 cm³/mol. The Hall–Kier alpha value is -3.14. The fraction of sp³-hybridized carbons (Fsp3) is 0.143. The SMILES string of the molecule is C=C/C=C\C(=C/C)n1ncc2c(C)n(-c3ccccc3)c(C)c2c1=O. The molecule has 126 valence electrons. The number of hydrogen-bond donors (Lipinski definition) is 0. The molecule has 0 amide bonds. The number of rotatable bonds is 4. The smallest absolute Gasteiger partial charge is 0.281 e. The first-order valence-corrected chi connectivity index (χ1v) is 8.21. The zero-order valence-electron chi connectivity index (χ0n) is 14.7. The van der Waals surface area contributed by atoms with E-state index in [0.717, 1.165) is 28.2 Å². The summed E-state index contributed by atoms with van der Waals surface area (Å²) >= 11 is 0.